The van der Waals surface area contributed by atoms with Crippen LogP contribution in [0.1, 0.15) is 11.1 Å². The van der Waals surface area contributed by atoms with Gasteiger partial charge in [-0.25, -0.2) is 8.42 Å². The minimum absolute atomic E-state index is 0.0554. The Balaban J connectivity index is 1.76. The second-order valence-corrected chi connectivity index (χ2v) is 10.2. The van der Waals surface area contributed by atoms with Crippen LogP contribution in [0.3, 0.4) is 0 Å². The van der Waals surface area contributed by atoms with E-state index in [1.165, 1.54) is 30.3 Å². The zero-order chi connectivity index (χ0) is 24.0. The number of carbonyl (C=O) groups excluding carboxylic acids is 1. The average molecular weight is 507 g/mol. The number of carbonyl (C=O) groups is 1. The number of nitrogens with one attached hydrogen (secondary N) is 1. The van der Waals surface area contributed by atoms with Crippen LogP contribution in [-0.4, -0.2) is 34.0 Å². The van der Waals surface area contributed by atoms with Gasteiger partial charge in [-0.3, -0.25) is 9.10 Å². The van der Waals surface area contributed by atoms with Crippen molar-refractivity contribution in [2.45, 2.75) is 18.7 Å². The van der Waals surface area contributed by atoms with Crippen molar-refractivity contribution in [2.75, 3.05) is 24.0 Å². The summed E-state index contributed by atoms with van der Waals surface area (Å²) in [6.07, 6.45) is 0. The lowest BCUT2D eigenvalue weighted by molar-refractivity contribution is -0.119. The molecule has 0 bridgehead atoms. The van der Waals surface area contributed by atoms with Gasteiger partial charge in [-0.15, -0.1) is 0 Å². The van der Waals surface area contributed by atoms with E-state index in [9.17, 15) is 13.2 Å². The Morgan fingerprint density at radius 2 is 1.61 bits per heavy atom. The van der Waals surface area contributed by atoms with Crippen LogP contribution in [0.15, 0.2) is 71.6 Å². The number of ether oxygens (including phenoxy) is 1. The van der Waals surface area contributed by atoms with Gasteiger partial charge in [-0.2, -0.15) is 0 Å². The van der Waals surface area contributed by atoms with Gasteiger partial charge in [-0.05, 0) is 55.8 Å². The molecule has 33 heavy (non-hydrogen) atoms. The molecule has 0 unspecified atom stereocenters. The summed E-state index contributed by atoms with van der Waals surface area (Å²) in [5.74, 6) is 0.235. The minimum atomic E-state index is -4.05. The molecule has 0 aliphatic heterocycles. The predicted molar refractivity (Wildman–Crippen MR) is 132 cm³/mol. The zero-order valence-corrected chi connectivity index (χ0v) is 20.5. The van der Waals surface area contributed by atoms with Crippen LogP contribution in [0.4, 0.5) is 5.69 Å². The molecule has 3 aromatic carbocycles. The molecular formula is C24H24Cl2N2O4S. The Morgan fingerprint density at radius 3 is 2.24 bits per heavy atom. The summed E-state index contributed by atoms with van der Waals surface area (Å²) in [6.45, 7) is 3.79. The van der Waals surface area contributed by atoms with Crippen molar-refractivity contribution in [3.05, 3.63) is 87.9 Å². The first-order valence-corrected chi connectivity index (χ1v) is 12.4. The molecule has 0 saturated carbocycles. The van der Waals surface area contributed by atoms with Crippen LogP contribution in [0.2, 0.25) is 10.0 Å². The molecule has 0 aliphatic rings. The number of hydrogen-bond acceptors (Lipinski definition) is 4. The maximum atomic E-state index is 13.4. The minimum Gasteiger partial charge on any atom is -0.491 e. The molecule has 9 heteroatoms. The highest BCUT2D eigenvalue weighted by Crippen LogP contribution is 2.29. The molecule has 3 rings (SSSR count). The molecule has 1 N–H and O–H groups in total. The number of hydrogen-bond donors (Lipinski definition) is 1. The first-order valence-electron chi connectivity index (χ1n) is 10.2. The molecule has 0 aliphatic carbocycles. The SMILES string of the molecule is Cc1ccc(S(=O)(=O)N(CC(=O)NCCOc2ccccc2C)c2cc(Cl)cc(Cl)c2)cc1. The summed E-state index contributed by atoms with van der Waals surface area (Å²) < 4.78 is 33.4. The van der Waals surface area contributed by atoms with Gasteiger partial charge in [0.25, 0.3) is 10.0 Å². The van der Waals surface area contributed by atoms with Gasteiger partial charge in [0.15, 0.2) is 0 Å². The third kappa shape index (κ3) is 6.63. The smallest absolute Gasteiger partial charge is 0.264 e. The Kier molecular flexibility index (Phi) is 8.24. The molecule has 1 amide bonds. The summed E-state index contributed by atoms with van der Waals surface area (Å²) >= 11 is 12.2. The van der Waals surface area contributed by atoms with Crippen LogP contribution in [0.25, 0.3) is 0 Å². The average Bonchev–Trinajstić information content (AvgIpc) is 2.75. The standard InChI is InChI=1S/C24H24Cl2N2O4S/c1-17-7-9-22(10-8-17)33(30,31)28(21-14-19(25)13-20(26)15-21)16-24(29)27-11-12-32-23-6-4-3-5-18(23)2/h3-10,13-15H,11-12,16H2,1-2H3,(H,27,29). The maximum Gasteiger partial charge on any atom is 0.264 e. The number of sulfonamides is 1. The summed E-state index contributed by atoms with van der Waals surface area (Å²) in [5.41, 5.74) is 2.09. The van der Waals surface area contributed by atoms with Gasteiger partial charge < -0.3 is 10.1 Å². The van der Waals surface area contributed by atoms with E-state index < -0.39 is 22.5 Å². The molecule has 0 heterocycles. The number of aryl methyl sites for hydroxylation is 2. The van der Waals surface area contributed by atoms with E-state index in [2.05, 4.69) is 5.32 Å². The van der Waals surface area contributed by atoms with Crippen LogP contribution in [0, 0.1) is 13.8 Å². The zero-order valence-electron chi connectivity index (χ0n) is 18.2. The quantitative estimate of drug-likeness (QED) is 0.414. The maximum absolute atomic E-state index is 13.4. The highest BCUT2D eigenvalue weighted by atomic mass is 35.5. The van der Waals surface area contributed by atoms with Crippen molar-refractivity contribution in [2.24, 2.45) is 0 Å². The van der Waals surface area contributed by atoms with Gasteiger partial charge in [-0.1, -0.05) is 59.1 Å². The van der Waals surface area contributed by atoms with Crippen molar-refractivity contribution in [3.8, 4) is 5.75 Å². The van der Waals surface area contributed by atoms with Gasteiger partial charge in [0.05, 0.1) is 17.1 Å². The summed E-state index contributed by atoms with van der Waals surface area (Å²) in [5, 5.41) is 3.21. The molecule has 0 radical (unpaired) electrons. The van der Waals surface area contributed by atoms with E-state index >= 15 is 0 Å². The van der Waals surface area contributed by atoms with Crippen molar-refractivity contribution < 1.29 is 17.9 Å². The number of halogens is 2. The molecule has 0 aromatic heterocycles. The molecule has 0 atom stereocenters. The van der Waals surface area contributed by atoms with E-state index in [0.717, 1.165) is 21.2 Å². The lowest BCUT2D eigenvalue weighted by atomic mass is 10.2. The number of amides is 1. The fourth-order valence-electron chi connectivity index (χ4n) is 3.09. The summed E-state index contributed by atoms with van der Waals surface area (Å²) in [6, 6.07) is 18.3. The fourth-order valence-corrected chi connectivity index (χ4v) is 5.01. The van der Waals surface area contributed by atoms with Crippen LogP contribution < -0.4 is 14.4 Å². The van der Waals surface area contributed by atoms with Crippen LogP contribution in [-0.2, 0) is 14.8 Å². The van der Waals surface area contributed by atoms with Crippen molar-refractivity contribution in [1.29, 1.82) is 0 Å². The Labute approximate surface area is 204 Å². The van der Waals surface area contributed by atoms with Crippen LogP contribution in [0.5, 0.6) is 5.75 Å². The number of nitrogens with zero attached hydrogens (tertiary/aromatic N) is 1. The lowest BCUT2D eigenvalue weighted by Gasteiger charge is -2.24. The highest BCUT2D eigenvalue weighted by molar-refractivity contribution is 7.92. The Morgan fingerprint density at radius 1 is 0.970 bits per heavy atom. The number of para-hydroxylation sites is 1. The van der Waals surface area contributed by atoms with Gasteiger partial charge >= 0.3 is 0 Å². The molecule has 174 valence electrons. The van der Waals surface area contributed by atoms with Crippen molar-refractivity contribution in [3.63, 3.8) is 0 Å². The van der Waals surface area contributed by atoms with E-state index in [0.29, 0.717) is 0 Å². The number of benzene rings is 3. The van der Waals surface area contributed by atoms with E-state index in [1.54, 1.807) is 12.1 Å². The van der Waals surface area contributed by atoms with Gasteiger partial charge in [0, 0.05) is 10.0 Å². The number of anilines is 1. The van der Waals surface area contributed by atoms with Gasteiger partial charge in [0.1, 0.15) is 18.9 Å². The molecule has 0 fully saturated rings. The molecular weight excluding hydrogens is 483 g/mol. The molecule has 0 saturated heterocycles. The lowest BCUT2D eigenvalue weighted by Crippen LogP contribution is -2.42. The van der Waals surface area contributed by atoms with E-state index in [4.69, 9.17) is 27.9 Å². The molecule has 6 nitrogen and oxygen atoms in total. The van der Waals surface area contributed by atoms with Crippen molar-refractivity contribution in [1.82, 2.24) is 5.32 Å². The third-order valence-corrected chi connectivity index (χ3v) is 7.03. The molecule has 0 spiro atoms. The fraction of sp³-hybridized carbons (Fsp3) is 0.208. The van der Waals surface area contributed by atoms with Crippen molar-refractivity contribution >= 4 is 44.8 Å². The summed E-state index contributed by atoms with van der Waals surface area (Å²) in [4.78, 5) is 12.7. The Hall–Kier alpha value is -2.74. The van der Waals surface area contributed by atoms with Gasteiger partial charge in [0.2, 0.25) is 5.91 Å². The third-order valence-electron chi connectivity index (χ3n) is 4.81. The summed E-state index contributed by atoms with van der Waals surface area (Å²) in [7, 11) is -4.05. The first kappa shape index (κ1) is 24.9. The largest absolute Gasteiger partial charge is 0.491 e. The van der Waals surface area contributed by atoms with E-state index in [1.807, 2.05) is 38.1 Å². The Bertz CT molecular complexity index is 1210. The highest BCUT2D eigenvalue weighted by Gasteiger charge is 2.27. The monoisotopic (exact) mass is 506 g/mol. The first-order chi connectivity index (χ1) is 15.7. The normalized spacial score (nSPS) is 11.2. The topological polar surface area (TPSA) is 75.7 Å². The predicted octanol–water partition coefficient (Wildman–Crippen LogP) is 5.00. The van der Waals surface area contributed by atoms with Crippen LogP contribution >= 0.6 is 23.2 Å². The number of rotatable bonds is 9. The van der Waals surface area contributed by atoms with E-state index in [-0.39, 0.29) is 33.8 Å². The second-order valence-electron chi connectivity index (χ2n) is 7.42. The second kappa shape index (κ2) is 10.9. The molecule has 3 aromatic rings.